The zero-order chi connectivity index (χ0) is 10.8. The summed E-state index contributed by atoms with van der Waals surface area (Å²) in [5, 5.41) is 1.72. The molecule has 0 spiro atoms. The lowest BCUT2D eigenvalue weighted by molar-refractivity contribution is -0.123. The Morgan fingerprint density at radius 2 is 2.13 bits per heavy atom. The molecule has 1 aliphatic carbocycles. The van der Waals surface area contributed by atoms with Crippen LogP contribution in [-0.2, 0) is 4.79 Å². The summed E-state index contributed by atoms with van der Waals surface area (Å²) in [6.45, 7) is 0. The first kappa shape index (κ1) is 10.6. The first-order valence-corrected chi connectivity index (χ1v) is 6.18. The van der Waals surface area contributed by atoms with Gasteiger partial charge in [0.25, 0.3) is 5.91 Å². The SMILES string of the molecule is O=C(NNC(=O)C1CC1)c1csc(Br)c1. The zero-order valence-corrected chi connectivity index (χ0v) is 10.2. The minimum atomic E-state index is -0.286. The van der Waals surface area contributed by atoms with Crippen molar-refractivity contribution in [2.75, 3.05) is 0 Å². The highest BCUT2D eigenvalue weighted by molar-refractivity contribution is 9.11. The van der Waals surface area contributed by atoms with E-state index in [2.05, 4.69) is 26.8 Å². The monoisotopic (exact) mass is 288 g/mol. The maximum Gasteiger partial charge on any atom is 0.270 e. The Balaban J connectivity index is 1.84. The van der Waals surface area contributed by atoms with Crippen LogP contribution in [0.15, 0.2) is 15.2 Å². The first-order chi connectivity index (χ1) is 7.16. The average molecular weight is 289 g/mol. The van der Waals surface area contributed by atoms with Gasteiger partial charge in [-0.15, -0.1) is 11.3 Å². The Morgan fingerprint density at radius 3 is 2.67 bits per heavy atom. The van der Waals surface area contributed by atoms with Crippen molar-refractivity contribution < 1.29 is 9.59 Å². The Kier molecular flexibility index (Phi) is 3.06. The van der Waals surface area contributed by atoms with Crippen LogP contribution in [0.5, 0.6) is 0 Å². The predicted molar refractivity (Wildman–Crippen MR) is 60.4 cm³/mol. The third-order valence-corrected chi connectivity index (χ3v) is 3.58. The van der Waals surface area contributed by atoms with Crippen LogP contribution in [0.25, 0.3) is 0 Å². The summed E-state index contributed by atoms with van der Waals surface area (Å²) >= 11 is 4.69. The van der Waals surface area contributed by atoms with Gasteiger partial charge in [-0.3, -0.25) is 20.4 Å². The number of rotatable bonds is 2. The summed E-state index contributed by atoms with van der Waals surface area (Å²) in [5.74, 6) is -0.289. The Bertz CT molecular complexity index is 401. The molecule has 0 unspecified atom stereocenters. The highest BCUT2D eigenvalue weighted by atomic mass is 79.9. The molecule has 4 nitrogen and oxygen atoms in total. The second-order valence-electron chi connectivity index (χ2n) is 3.36. The fourth-order valence-electron chi connectivity index (χ4n) is 1.07. The number of amides is 2. The van der Waals surface area contributed by atoms with Gasteiger partial charge in [0.1, 0.15) is 0 Å². The van der Waals surface area contributed by atoms with Gasteiger partial charge in [0.15, 0.2) is 0 Å². The van der Waals surface area contributed by atoms with Gasteiger partial charge in [-0.1, -0.05) is 0 Å². The molecule has 2 amide bonds. The van der Waals surface area contributed by atoms with Crippen molar-refractivity contribution in [1.29, 1.82) is 0 Å². The van der Waals surface area contributed by atoms with E-state index >= 15 is 0 Å². The summed E-state index contributed by atoms with van der Waals surface area (Å²) in [5.41, 5.74) is 5.33. The van der Waals surface area contributed by atoms with Crippen LogP contribution in [0, 0.1) is 5.92 Å². The second kappa shape index (κ2) is 4.32. The molecule has 0 aromatic carbocycles. The second-order valence-corrected chi connectivity index (χ2v) is 5.65. The van der Waals surface area contributed by atoms with Gasteiger partial charge in [-0.05, 0) is 34.8 Å². The van der Waals surface area contributed by atoms with E-state index in [1.165, 1.54) is 11.3 Å². The molecule has 2 rings (SSSR count). The van der Waals surface area contributed by atoms with E-state index in [4.69, 9.17) is 0 Å². The maximum absolute atomic E-state index is 11.5. The summed E-state index contributed by atoms with van der Waals surface area (Å²) < 4.78 is 0.890. The molecule has 1 aromatic rings. The lowest BCUT2D eigenvalue weighted by Gasteiger charge is -2.04. The number of halogens is 1. The van der Waals surface area contributed by atoms with Crippen molar-refractivity contribution in [3.63, 3.8) is 0 Å². The molecule has 80 valence electrons. The quantitative estimate of drug-likeness (QED) is 0.814. The maximum atomic E-state index is 11.5. The lowest BCUT2D eigenvalue weighted by atomic mass is 10.3. The summed E-state index contributed by atoms with van der Waals surface area (Å²) in [6.07, 6.45) is 1.84. The van der Waals surface area contributed by atoms with Crippen LogP contribution >= 0.6 is 27.3 Å². The molecular weight excluding hydrogens is 280 g/mol. The average Bonchev–Trinajstić information content (AvgIpc) is 2.97. The highest BCUT2D eigenvalue weighted by Crippen LogP contribution is 2.28. The van der Waals surface area contributed by atoms with Crippen LogP contribution in [-0.4, -0.2) is 11.8 Å². The minimum Gasteiger partial charge on any atom is -0.273 e. The fraction of sp³-hybridized carbons (Fsp3) is 0.333. The van der Waals surface area contributed by atoms with Crippen LogP contribution in [0.2, 0.25) is 0 Å². The lowest BCUT2D eigenvalue weighted by Crippen LogP contribution is -2.42. The molecule has 0 bridgehead atoms. The Labute approximate surface area is 99.2 Å². The van der Waals surface area contributed by atoms with Gasteiger partial charge in [-0.25, -0.2) is 0 Å². The van der Waals surface area contributed by atoms with Gasteiger partial charge in [0.05, 0.1) is 9.35 Å². The number of hydrogen-bond acceptors (Lipinski definition) is 3. The van der Waals surface area contributed by atoms with Crippen molar-refractivity contribution in [1.82, 2.24) is 10.9 Å². The molecular formula is C9H9BrN2O2S. The van der Waals surface area contributed by atoms with E-state index in [0.717, 1.165) is 16.6 Å². The van der Waals surface area contributed by atoms with Crippen LogP contribution < -0.4 is 10.9 Å². The van der Waals surface area contributed by atoms with Crippen molar-refractivity contribution in [3.05, 3.63) is 20.8 Å². The van der Waals surface area contributed by atoms with E-state index in [9.17, 15) is 9.59 Å². The topological polar surface area (TPSA) is 58.2 Å². The number of carbonyl (C=O) groups excluding carboxylic acids is 2. The zero-order valence-electron chi connectivity index (χ0n) is 7.75. The number of hydrazine groups is 1. The summed E-state index contributed by atoms with van der Waals surface area (Å²) in [7, 11) is 0. The van der Waals surface area contributed by atoms with E-state index in [0.29, 0.717) is 5.56 Å². The smallest absolute Gasteiger partial charge is 0.270 e. The third kappa shape index (κ3) is 2.79. The van der Waals surface area contributed by atoms with Crippen molar-refractivity contribution >= 4 is 39.1 Å². The standard InChI is InChI=1S/C9H9BrN2O2S/c10-7-3-6(4-15-7)9(14)12-11-8(13)5-1-2-5/h3-5H,1-2H2,(H,11,13)(H,12,14). The number of hydrogen-bond donors (Lipinski definition) is 2. The molecule has 1 fully saturated rings. The molecule has 1 saturated carbocycles. The van der Waals surface area contributed by atoms with Crippen LogP contribution in [0.4, 0.5) is 0 Å². The van der Waals surface area contributed by atoms with Gasteiger partial charge >= 0.3 is 0 Å². The van der Waals surface area contributed by atoms with E-state index in [1.54, 1.807) is 11.4 Å². The molecule has 6 heteroatoms. The fourth-order valence-corrected chi connectivity index (χ4v) is 2.20. The molecule has 0 atom stereocenters. The van der Waals surface area contributed by atoms with Crippen LogP contribution in [0.3, 0.4) is 0 Å². The van der Waals surface area contributed by atoms with Gasteiger partial charge in [0.2, 0.25) is 5.91 Å². The molecule has 1 aromatic heterocycles. The molecule has 2 N–H and O–H groups in total. The number of carbonyl (C=O) groups is 2. The normalized spacial score (nSPS) is 14.7. The summed E-state index contributed by atoms with van der Waals surface area (Å²) in [6, 6.07) is 1.71. The Hall–Kier alpha value is -0.880. The minimum absolute atomic E-state index is 0.0968. The van der Waals surface area contributed by atoms with Crippen LogP contribution in [0.1, 0.15) is 23.2 Å². The largest absolute Gasteiger partial charge is 0.273 e. The molecule has 0 saturated heterocycles. The van der Waals surface area contributed by atoms with E-state index < -0.39 is 0 Å². The molecule has 0 radical (unpaired) electrons. The summed E-state index contributed by atoms with van der Waals surface area (Å²) in [4.78, 5) is 22.7. The van der Waals surface area contributed by atoms with Crippen molar-refractivity contribution in [2.24, 2.45) is 5.92 Å². The number of nitrogens with one attached hydrogen (secondary N) is 2. The Morgan fingerprint density at radius 1 is 1.40 bits per heavy atom. The van der Waals surface area contributed by atoms with Crippen molar-refractivity contribution in [2.45, 2.75) is 12.8 Å². The number of thiophene rings is 1. The first-order valence-electron chi connectivity index (χ1n) is 4.51. The third-order valence-electron chi connectivity index (χ3n) is 2.08. The van der Waals surface area contributed by atoms with Gasteiger partial charge < -0.3 is 0 Å². The van der Waals surface area contributed by atoms with Gasteiger partial charge in [-0.2, -0.15) is 0 Å². The molecule has 1 aliphatic rings. The molecule has 15 heavy (non-hydrogen) atoms. The molecule has 1 heterocycles. The van der Waals surface area contributed by atoms with Gasteiger partial charge in [0, 0.05) is 11.3 Å². The van der Waals surface area contributed by atoms with Crippen molar-refractivity contribution in [3.8, 4) is 0 Å². The predicted octanol–water partition coefficient (Wildman–Crippen LogP) is 1.68. The highest BCUT2D eigenvalue weighted by Gasteiger charge is 2.29. The van der Waals surface area contributed by atoms with E-state index in [1.807, 2.05) is 0 Å². The van der Waals surface area contributed by atoms with E-state index in [-0.39, 0.29) is 17.7 Å². The molecule has 0 aliphatic heterocycles.